The molecule has 1 amide bonds. The minimum absolute atomic E-state index is 0.204. The summed E-state index contributed by atoms with van der Waals surface area (Å²) in [4.78, 5) is 21.1. The standard InChI is InChI=1S/C23H17Cl3N4O/c24-20-2-1-15(9-21(20)25)11-29-23(31)18-8-16(13-30-6-5-28-14-30)7-17(10-18)19-3-4-27-12-22(19)26/h1-10,12,14H,11,13H2,(H,29,31). The first kappa shape index (κ1) is 21.4. The van der Waals surface area contributed by atoms with Crippen LogP contribution in [0.3, 0.4) is 0 Å². The van der Waals surface area contributed by atoms with Gasteiger partial charge >= 0.3 is 0 Å². The molecule has 0 saturated carbocycles. The summed E-state index contributed by atoms with van der Waals surface area (Å²) in [5.41, 5.74) is 3.98. The van der Waals surface area contributed by atoms with E-state index in [1.807, 2.05) is 41.1 Å². The van der Waals surface area contributed by atoms with E-state index in [1.165, 1.54) is 0 Å². The number of rotatable bonds is 6. The van der Waals surface area contributed by atoms with Gasteiger partial charge in [0.1, 0.15) is 0 Å². The summed E-state index contributed by atoms with van der Waals surface area (Å²) in [6.07, 6.45) is 8.58. The fraction of sp³-hybridized carbons (Fsp3) is 0.0870. The molecule has 1 N–H and O–H groups in total. The molecule has 0 aliphatic carbocycles. The third-order valence-corrected chi connectivity index (χ3v) is 5.74. The number of amides is 1. The highest BCUT2D eigenvalue weighted by Gasteiger charge is 2.12. The number of halogens is 3. The Kier molecular flexibility index (Phi) is 6.56. The Hall–Kier alpha value is -2.86. The lowest BCUT2D eigenvalue weighted by atomic mass is 9.99. The minimum Gasteiger partial charge on any atom is -0.348 e. The van der Waals surface area contributed by atoms with E-state index in [0.29, 0.717) is 33.7 Å². The van der Waals surface area contributed by atoms with Gasteiger partial charge < -0.3 is 9.88 Å². The number of hydrogen-bond donors (Lipinski definition) is 1. The van der Waals surface area contributed by atoms with Crippen LogP contribution in [0.4, 0.5) is 0 Å². The van der Waals surface area contributed by atoms with Crippen molar-refractivity contribution < 1.29 is 4.79 Å². The van der Waals surface area contributed by atoms with Crippen LogP contribution in [-0.2, 0) is 13.1 Å². The van der Waals surface area contributed by atoms with Crippen LogP contribution in [0, 0.1) is 0 Å². The molecule has 0 unspecified atom stereocenters. The van der Waals surface area contributed by atoms with Crippen molar-refractivity contribution in [3.63, 3.8) is 0 Å². The highest BCUT2D eigenvalue weighted by molar-refractivity contribution is 6.42. The Morgan fingerprint density at radius 1 is 0.903 bits per heavy atom. The van der Waals surface area contributed by atoms with E-state index < -0.39 is 0 Å². The maximum absolute atomic E-state index is 13.0. The largest absolute Gasteiger partial charge is 0.348 e. The molecule has 0 fully saturated rings. The summed E-state index contributed by atoms with van der Waals surface area (Å²) in [5.74, 6) is -0.204. The molecule has 0 saturated heterocycles. The number of benzene rings is 2. The fourth-order valence-electron chi connectivity index (χ4n) is 3.20. The van der Waals surface area contributed by atoms with E-state index >= 15 is 0 Å². The molecule has 2 aromatic heterocycles. The summed E-state index contributed by atoms with van der Waals surface area (Å²) >= 11 is 18.4. The number of nitrogens with zero attached hydrogens (tertiary/aromatic N) is 3. The summed E-state index contributed by atoms with van der Waals surface area (Å²) < 4.78 is 1.94. The van der Waals surface area contributed by atoms with Gasteiger partial charge in [-0.05, 0) is 53.1 Å². The Morgan fingerprint density at radius 2 is 1.77 bits per heavy atom. The second-order valence-corrected chi connectivity index (χ2v) is 8.16. The average Bonchev–Trinajstić information content (AvgIpc) is 3.27. The number of carbonyl (C=O) groups excluding carboxylic acids is 1. The zero-order chi connectivity index (χ0) is 21.8. The van der Waals surface area contributed by atoms with Crippen molar-refractivity contribution in [2.24, 2.45) is 0 Å². The van der Waals surface area contributed by atoms with Crippen LogP contribution in [-0.4, -0.2) is 20.4 Å². The van der Waals surface area contributed by atoms with Gasteiger partial charge in [0.15, 0.2) is 0 Å². The number of pyridine rings is 1. The van der Waals surface area contributed by atoms with E-state index in [0.717, 1.165) is 22.3 Å². The highest BCUT2D eigenvalue weighted by Crippen LogP contribution is 2.29. The van der Waals surface area contributed by atoms with Crippen molar-refractivity contribution >= 4 is 40.7 Å². The Bertz CT molecular complexity index is 1230. The van der Waals surface area contributed by atoms with E-state index in [9.17, 15) is 4.79 Å². The van der Waals surface area contributed by atoms with Crippen molar-refractivity contribution in [1.82, 2.24) is 19.9 Å². The van der Waals surface area contributed by atoms with Crippen molar-refractivity contribution in [3.8, 4) is 11.1 Å². The van der Waals surface area contributed by atoms with Crippen molar-refractivity contribution in [2.45, 2.75) is 13.1 Å². The maximum atomic E-state index is 13.0. The van der Waals surface area contributed by atoms with Gasteiger partial charge in [-0.1, -0.05) is 40.9 Å². The van der Waals surface area contributed by atoms with Crippen LogP contribution >= 0.6 is 34.8 Å². The van der Waals surface area contributed by atoms with E-state index in [4.69, 9.17) is 34.8 Å². The van der Waals surface area contributed by atoms with Gasteiger partial charge in [0, 0.05) is 49.0 Å². The Labute approximate surface area is 194 Å². The molecule has 0 spiro atoms. The number of aromatic nitrogens is 3. The zero-order valence-electron chi connectivity index (χ0n) is 16.2. The third-order valence-electron chi connectivity index (χ3n) is 4.70. The third kappa shape index (κ3) is 5.25. The zero-order valence-corrected chi connectivity index (χ0v) is 18.5. The molecule has 0 aliphatic rings. The molecular formula is C23H17Cl3N4O. The van der Waals surface area contributed by atoms with Gasteiger partial charge in [-0.2, -0.15) is 0 Å². The summed E-state index contributed by atoms with van der Waals surface area (Å²) in [6, 6.07) is 12.8. The molecule has 0 aliphatic heterocycles. The van der Waals surface area contributed by atoms with Crippen LogP contribution in [0.5, 0.6) is 0 Å². The lowest BCUT2D eigenvalue weighted by Gasteiger charge is -2.12. The minimum atomic E-state index is -0.204. The Balaban J connectivity index is 1.63. The van der Waals surface area contributed by atoms with Gasteiger partial charge in [0.05, 0.1) is 21.4 Å². The molecule has 2 aromatic carbocycles. The second kappa shape index (κ2) is 9.52. The quantitative estimate of drug-likeness (QED) is 0.382. The van der Waals surface area contributed by atoms with E-state index in [-0.39, 0.29) is 5.91 Å². The lowest BCUT2D eigenvalue weighted by molar-refractivity contribution is 0.0951. The molecule has 4 rings (SSSR count). The van der Waals surface area contributed by atoms with E-state index in [2.05, 4.69) is 15.3 Å². The summed E-state index contributed by atoms with van der Waals surface area (Å²) in [6.45, 7) is 0.899. The maximum Gasteiger partial charge on any atom is 0.251 e. The SMILES string of the molecule is O=C(NCc1ccc(Cl)c(Cl)c1)c1cc(Cn2ccnc2)cc(-c2ccncc2Cl)c1. The van der Waals surface area contributed by atoms with Gasteiger partial charge in [0.2, 0.25) is 0 Å². The average molecular weight is 472 g/mol. The molecule has 0 atom stereocenters. The number of hydrogen-bond acceptors (Lipinski definition) is 3. The molecule has 2 heterocycles. The van der Waals surface area contributed by atoms with E-state index in [1.54, 1.807) is 37.1 Å². The van der Waals surface area contributed by atoms with Crippen LogP contribution < -0.4 is 5.32 Å². The highest BCUT2D eigenvalue weighted by atomic mass is 35.5. The molecule has 4 aromatic rings. The van der Waals surface area contributed by atoms with Crippen LogP contribution in [0.15, 0.2) is 73.6 Å². The monoisotopic (exact) mass is 470 g/mol. The molecular weight excluding hydrogens is 455 g/mol. The van der Waals surface area contributed by atoms with Crippen molar-refractivity contribution in [1.29, 1.82) is 0 Å². The van der Waals surface area contributed by atoms with Gasteiger partial charge in [-0.15, -0.1) is 0 Å². The van der Waals surface area contributed by atoms with Gasteiger partial charge in [-0.3, -0.25) is 9.78 Å². The normalized spacial score (nSPS) is 10.8. The second-order valence-electron chi connectivity index (χ2n) is 6.94. The molecule has 31 heavy (non-hydrogen) atoms. The van der Waals surface area contributed by atoms with Gasteiger partial charge in [-0.25, -0.2) is 4.98 Å². The first-order valence-corrected chi connectivity index (χ1v) is 10.5. The predicted molar refractivity (Wildman–Crippen MR) is 124 cm³/mol. The summed E-state index contributed by atoms with van der Waals surface area (Å²) in [7, 11) is 0. The van der Waals surface area contributed by atoms with Crippen molar-refractivity contribution in [2.75, 3.05) is 0 Å². The molecule has 5 nitrogen and oxygen atoms in total. The van der Waals surface area contributed by atoms with Crippen LogP contribution in [0.2, 0.25) is 15.1 Å². The molecule has 0 radical (unpaired) electrons. The Morgan fingerprint density at radius 3 is 2.52 bits per heavy atom. The van der Waals surface area contributed by atoms with Gasteiger partial charge in [0.25, 0.3) is 5.91 Å². The van der Waals surface area contributed by atoms with Crippen LogP contribution in [0.1, 0.15) is 21.5 Å². The van der Waals surface area contributed by atoms with Crippen molar-refractivity contribution in [3.05, 3.63) is 105 Å². The predicted octanol–water partition coefficient (Wildman–Crippen LogP) is 5.88. The molecule has 8 heteroatoms. The first-order chi connectivity index (χ1) is 15.0. The number of nitrogens with one attached hydrogen (secondary N) is 1. The topological polar surface area (TPSA) is 59.8 Å². The lowest BCUT2D eigenvalue weighted by Crippen LogP contribution is -2.23. The smallest absolute Gasteiger partial charge is 0.251 e. The van der Waals surface area contributed by atoms with Crippen LogP contribution in [0.25, 0.3) is 11.1 Å². The first-order valence-electron chi connectivity index (χ1n) is 9.41. The molecule has 0 bridgehead atoms. The number of carbonyl (C=O) groups is 1. The summed E-state index contributed by atoms with van der Waals surface area (Å²) in [5, 5.41) is 4.38. The number of imidazole rings is 1. The molecule has 156 valence electrons. The fourth-order valence-corrected chi connectivity index (χ4v) is 3.75.